The lowest BCUT2D eigenvalue weighted by molar-refractivity contribution is 0.0979. The van der Waals surface area contributed by atoms with Gasteiger partial charge in [-0.15, -0.1) is 0 Å². The minimum Gasteiger partial charge on any atom is -0.339 e. The molecule has 5 nitrogen and oxygen atoms in total. The second-order valence-corrected chi connectivity index (χ2v) is 6.52. The SMILES string of the molecule is Cc1ccc(C(=O)CCCc2nc(C3(N)CCCC3)no2)cc1. The van der Waals surface area contributed by atoms with Gasteiger partial charge in [0.05, 0.1) is 5.54 Å². The van der Waals surface area contributed by atoms with Crippen molar-refractivity contribution in [2.24, 2.45) is 5.73 Å². The number of carbonyl (C=O) groups excluding carboxylic acids is 1. The van der Waals surface area contributed by atoms with Crippen molar-refractivity contribution in [3.05, 3.63) is 47.1 Å². The molecule has 23 heavy (non-hydrogen) atoms. The van der Waals surface area contributed by atoms with E-state index in [1.807, 2.05) is 31.2 Å². The Balaban J connectivity index is 1.52. The minimum absolute atomic E-state index is 0.149. The van der Waals surface area contributed by atoms with Crippen molar-refractivity contribution in [3.8, 4) is 0 Å². The number of carbonyl (C=O) groups is 1. The summed E-state index contributed by atoms with van der Waals surface area (Å²) < 4.78 is 5.29. The summed E-state index contributed by atoms with van der Waals surface area (Å²) in [6, 6.07) is 7.67. The Morgan fingerprint density at radius 3 is 2.65 bits per heavy atom. The third-order valence-electron chi connectivity index (χ3n) is 4.58. The minimum atomic E-state index is -0.417. The van der Waals surface area contributed by atoms with Crippen molar-refractivity contribution in [2.45, 2.75) is 57.4 Å². The zero-order valence-electron chi connectivity index (χ0n) is 13.5. The smallest absolute Gasteiger partial charge is 0.226 e. The van der Waals surface area contributed by atoms with Gasteiger partial charge in [0.2, 0.25) is 5.89 Å². The van der Waals surface area contributed by atoms with E-state index in [1.54, 1.807) is 0 Å². The fourth-order valence-corrected chi connectivity index (χ4v) is 3.07. The van der Waals surface area contributed by atoms with E-state index in [1.165, 1.54) is 0 Å². The van der Waals surface area contributed by atoms with E-state index in [-0.39, 0.29) is 5.78 Å². The molecule has 1 heterocycles. The molecule has 1 aromatic carbocycles. The molecule has 1 saturated carbocycles. The van der Waals surface area contributed by atoms with Crippen LogP contribution in [0.25, 0.3) is 0 Å². The van der Waals surface area contributed by atoms with E-state index in [2.05, 4.69) is 10.1 Å². The van der Waals surface area contributed by atoms with Crippen LogP contribution in [0.4, 0.5) is 0 Å². The van der Waals surface area contributed by atoms with Crippen LogP contribution in [0.1, 0.15) is 66.2 Å². The monoisotopic (exact) mass is 313 g/mol. The molecule has 0 spiro atoms. The van der Waals surface area contributed by atoms with E-state index in [0.717, 1.165) is 36.8 Å². The van der Waals surface area contributed by atoms with Gasteiger partial charge in [0, 0.05) is 18.4 Å². The molecule has 1 aromatic heterocycles. The maximum absolute atomic E-state index is 12.1. The van der Waals surface area contributed by atoms with Crippen LogP contribution in [-0.4, -0.2) is 15.9 Å². The number of aromatic nitrogens is 2. The molecular formula is C18H23N3O2. The Morgan fingerprint density at radius 2 is 1.96 bits per heavy atom. The highest BCUT2D eigenvalue weighted by Crippen LogP contribution is 2.34. The number of Topliss-reactive ketones (excluding diaryl/α,β-unsaturated/α-hetero) is 1. The highest BCUT2D eigenvalue weighted by molar-refractivity contribution is 5.96. The second-order valence-electron chi connectivity index (χ2n) is 6.52. The molecule has 0 atom stereocenters. The lowest BCUT2D eigenvalue weighted by Crippen LogP contribution is -2.34. The second kappa shape index (κ2) is 6.62. The van der Waals surface area contributed by atoms with Crippen molar-refractivity contribution in [3.63, 3.8) is 0 Å². The Kier molecular flexibility index (Phi) is 4.57. The number of rotatable bonds is 6. The van der Waals surface area contributed by atoms with Crippen LogP contribution in [0.5, 0.6) is 0 Å². The van der Waals surface area contributed by atoms with Crippen molar-refractivity contribution >= 4 is 5.78 Å². The molecule has 1 aliphatic rings. The van der Waals surface area contributed by atoms with Crippen LogP contribution >= 0.6 is 0 Å². The predicted molar refractivity (Wildman–Crippen MR) is 87.1 cm³/mol. The van der Waals surface area contributed by atoms with E-state index in [4.69, 9.17) is 10.3 Å². The molecule has 5 heteroatoms. The zero-order chi connectivity index (χ0) is 16.3. The molecule has 1 aliphatic carbocycles. The summed E-state index contributed by atoms with van der Waals surface area (Å²) in [5.74, 6) is 1.35. The average molecular weight is 313 g/mol. The maximum Gasteiger partial charge on any atom is 0.226 e. The third kappa shape index (κ3) is 3.67. The summed E-state index contributed by atoms with van der Waals surface area (Å²) in [6.45, 7) is 2.01. The normalized spacial score (nSPS) is 16.6. The van der Waals surface area contributed by atoms with E-state index >= 15 is 0 Å². The molecule has 1 fully saturated rings. The van der Waals surface area contributed by atoms with Crippen molar-refractivity contribution in [1.82, 2.24) is 10.1 Å². The molecule has 0 aliphatic heterocycles. The van der Waals surface area contributed by atoms with Gasteiger partial charge in [0.25, 0.3) is 0 Å². The maximum atomic E-state index is 12.1. The molecule has 0 unspecified atom stereocenters. The van der Waals surface area contributed by atoms with Gasteiger partial charge in [-0.1, -0.05) is 47.8 Å². The Bertz CT molecular complexity index is 670. The summed E-state index contributed by atoms with van der Waals surface area (Å²) in [5, 5.41) is 4.04. The lowest BCUT2D eigenvalue weighted by Gasteiger charge is -2.17. The first kappa shape index (κ1) is 15.9. The molecular weight excluding hydrogens is 290 g/mol. The fraction of sp³-hybridized carbons (Fsp3) is 0.500. The molecule has 2 N–H and O–H groups in total. The van der Waals surface area contributed by atoms with Gasteiger partial charge in [-0.25, -0.2) is 0 Å². The van der Waals surface area contributed by atoms with Gasteiger partial charge < -0.3 is 10.3 Å². The Hall–Kier alpha value is -2.01. The van der Waals surface area contributed by atoms with Crippen LogP contribution in [0.15, 0.2) is 28.8 Å². The van der Waals surface area contributed by atoms with Crippen LogP contribution in [0.3, 0.4) is 0 Å². The first-order valence-corrected chi connectivity index (χ1v) is 8.29. The first-order chi connectivity index (χ1) is 11.1. The average Bonchev–Trinajstić information content (AvgIpc) is 3.18. The van der Waals surface area contributed by atoms with E-state index in [9.17, 15) is 4.79 Å². The predicted octanol–water partition coefficient (Wildman–Crippen LogP) is 3.31. The van der Waals surface area contributed by atoms with Gasteiger partial charge in [0.1, 0.15) is 0 Å². The van der Waals surface area contributed by atoms with Gasteiger partial charge in [-0.2, -0.15) is 4.98 Å². The summed E-state index contributed by atoms with van der Waals surface area (Å²) in [7, 11) is 0. The number of nitrogens with two attached hydrogens (primary N) is 1. The molecule has 3 rings (SSSR count). The van der Waals surface area contributed by atoms with Gasteiger partial charge in [-0.05, 0) is 26.2 Å². The topological polar surface area (TPSA) is 82.0 Å². The van der Waals surface area contributed by atoms with E-state index in [0.29, 0.717) is 31.0 Å². The lowest BCUT2D eigenvalue weighted by atomic mass is 9.99. The summed E-state index contributed by atoms with van der Waals surface area (Å²) in [6.07, 6.45) is 5.85. The summed E-state index contributed by atoms with van der Waals surface area (Å²) in [4.78, 5) is 16.6. The largest absolute Gasteiger partial charge is 0.339 e. The van der Waals surface area contributed by atoms with Crippen LogP contribution in [0, 0.1) is 6.92 Å². The Labute approximate surface area is 136 Å². The van der Waals surface area contributed by atoms with Gasteiger partial charge in [-0.3, -0.25) is 4.79 Å². The van der Waals surface area contributed by atoms with Crippen molar-refractivity contribution < 1.29 is 9.32 Å². The molecule has 0 bridgehead atoms. The first-order valence-electron chi connectivity index (χ1n) is 8.29. The number of hydrogen-bond donors (Lipinski definition) is 1. The van der Waals surface area contributed by atoms with Crippen molar-refractivity contribution in [2.75, 3.05) is 0 Å². The number of ketones is 1. The van der Waals surface area contributed by atoms with Gasteiger partial charge in [0.15, 0.2) is 11.6 Å². The number of nitrogens with zero attached hydrogens (tertiary/aromatic N) is 2. The fourth-order valence-electron chi connectivity index (χ4n) is 3.07. The van der Waals surface area contributed by atoms with Crippen LogP contribution in [-0.2, 0) is 12.0 Å². The molecule has 2 aromatic rings. The van der Waals surface area contributed by atoms with E-state index < -0.39 is 5.54 Å². The van der Waals surface area contributed by atoms with Crippen LogP contribution in [0.2, 0.25) is 0 Å². The zero-order valence-corrected chi connectivity index (χ0v) is 13.5. The molecule has 0 radical (unpaired) electrons. The Morgan fingerprint density at radius 1 is 1.26 bits per heavy atom. The molecule has 122 valence electrons. The summed E-state index contributed by atoms with van der Waals surface area (Å²) in [5.41, 5.74) is 7.82. The van der Waals surface area contributed by atoms with Gasteiger partial charge >= 0.3 is 0 Å². The molecule has 0 amide bonds. The van der Waals surface area contributed by atoms with Crippen LogP contribution < -0.4 is 5.73 Å². The highest BCUT2D eigenvalue weighted by atomic mass is 16.5. The quantitative estimate of drug-likeness (QED) is 0.827. The highest BCUT2D eigenvalue weighted by Gasteiger charge is 2.35. The number of benzene rings is 1. The molecule has 0 saturated heterocycles. The standard InChI is InChI=1S/C18H23N3O2/c1-13-7-9-14(10-8-13)15(22)5-4-6-16-20-17(21-23-16)18(19)11-2-3-12-18/h7-10H,2-6,11-12,19H2,1H3. The number of hydrogen-bond acceptors (Lipinski definition) is 5. The summed E-state index contributed by atoms with van der Waals surface area (Å²) >= 11 is 0. The van der Waals surface area contributed by atoms with Crippen molar-refractivity contribution in [1.29, 1.82) is 0 Å². The third-order valence-corrected chi connectivity index (χ3v) is 4.58. The number of aryl methyl sites for hydroxylation is 2.